The molecule has 1 heterocycles. The van der Waals surface area contributed by atoms with Crippen LogP contribution in [0.3, 0.4) is 0 Å². The van der Waals surface area contributed by atoms with Gasteiger partial charge in [0.05, 0.1) is 16.7 Å². The van der Waals surface area contributed by atoms with Crippen molar-refractivity contribution in [1.29, 1.82) is 0 Å². The summed E-state index contributed by atoms with van der Waals surface area (Å²) in [6.07, 6.45) is 9.10. The van der Waals surface area contributed by atoms with Crippen LogP contribution in [0, 0.1) is 0 Å². The SMILES string of the molecule is CC1(C)c2ccccc2-c2c(N(c3ccc(C4=CCCC=C4)cc3)c3ccc(-c4cccc(-c5ccc6c(c5)c5ccccc5n6-c5ccccc5)c4)cc3)cccc21. The van der Waals surface area contributed by atoms with Crippen LogP contribution in [0.4, 0.5) is 17.1 Å². The first kappa shape index (κ1) is 35.0. The normalized spacial score (nSPS) is 14.0. The molecule has 0 saturated heterocycles. The molecule has 0 saturated carbocycles. The van der Waals surface area contributed by atoms with Crippen molar-refractivity contribution in [3.05, 3.63) is 223 Å². The van der Waals surface area contributed by atoms with Crippen molar-refractivity contribution in [3.63, 3.8) is 0 Å². The van der Waals surface area contributed by atoms with Gasteiger partial charge in [-0.3, -0.25) is 0 Å². The Hall–Kier alpha value is -7.16. The summed E-state index contributed by atoms with van der Waals surface area (Å²) in [7, 11) is 0. The van der Waals surface area contributed by atoms with E-state index in [0.717, 1.165) is 24.2 Å². The molecule has 0 bridgehead atoms. The van der Waals surface area contributed by atoms with E-state index in [1.165, 1.54) is 88.8 Å². The molecule has 0 aliphatic heterocycles. The van der Waals surface area contributed by atoms with Crippen molar-refractivity contribution in [1.82, 2.24) is 4.57 Å². The molecule has 59 heavy (non-hydrogen) atoms. The summed E-state index contributed by atoms with van der Waals surface area (Å²) in [4.78, 5) is 2.45. The molecular formula is C57H44N2. The summed E-state index contributed by atoms with van der Waals surface area (Å²) in [6.45, 7) is 4.71. The van der Waals surface area contributed by atoms with Crippen molar-refractivity contribution < 1.29 is 0 Å². The lowest BCUT2D eigenvalue weighted by molar-refractivity contribution is 0.660. The summed E-state index contributed by atoms with van der Waals surface area (Å²) in [5, 5.41) is 2.52. The maximum absolute atomic E-state index is 2.45. The Morgan fingerprint density at radius 1 is 0.475 bits per heavy atom. The molecule has 0 N–H and O–H groups in total. The molecule has 0 unspecified atom stereocenters. The Morgan fingerprint density at radius 2 is 1.10 bits per heavy atom. The van der Waals surface area contributed by atoms with E-state index in [1.807, 2.05) is 0 Å². The smallest absolute Gasteiger partial charge is 0.0543 e. The van der Waals surface area contributed by atoms with Crippen LogP contribution in [0.15, 0.2) is 206 Å². The van der Waals surface area contributed by atoms with Gasteiger partial charge in [0.25, 0.3) is 0 Å². The number of fused-ring (bicyclic) bond motifs is 6. The second kappa shape index (κ2) is 14.0. The van der Waals surface area contributed by atoms with Gasteiger partial charge in [-0.2, -0.15) is 0 Å². The number of nitrogens with zero attached hydrogens (tertiary/aromatic N) is 2. The van der Waals surface area contributed by atoms with Crippen LogP contribution in [0.25, 0.3) is 66.4 Å². The molecule has 2 nitrogen and oxygen atoms in total. The lowest BCUT2D eigenvalue weighted by Crippen LogP contribution is -2.16. The molecule has 0 atom stereocenters. The van der Waals surface area contributed by atoms with Crippen molar-refractivity contribution in [2.45, 2.75) is 32.1 Å². The number of anilines is 3. The van der Waals surface area contributed by atoms with Crippen LogP contribution in [-0.2, 0) is 5.41 Å². The van der Waals surface area contributed by atoms with Crippen molar-refractivity contribution in [2.24, 2.45) is 0 Å². The predicted molar refractivity (Wildman–Crippen MR) is 250 cm³/mol. The van der Waals surface area contributed by atoms with Gasteiger partial charge in [0.2, 0.25) is 0 Å². The highest BCUT2D eigenvalue weighted by molar-refractivity contribution is 6.10. The molecule has 0 amide bonds. The topological polar surface area (TPSA) is 8.17 Å². The summed E-state index contributed by atoms with van der Waals surface area (Å²) in [5.41, 5.74) is 19.7. The lowest BCUT2D eigenvalue weighted by atomic mass is 9.82. The van der Waals surface area contributed by atoms with Crippen molar-refractivity contribution >= 4 is 44.4 Å². The predicted octanol–water partition coefficient (Wildman–Crippen LogP) is 15.6. The van der Waals surface area contributed by atoms with Crippen LogP contribution >= 0.6 is 0 Å². The molecule has 8 aromatic carbocycles. The third kappa shape index (κ3) is 5.86. The standard InChI is InChI=1S/C57H44N2/c1-57(2)51-23-11-9-22-49(51)56-52(57)24-14-26-55(56)58(46-32-27-40(28-33-46)39-15-5-3-6-16-39)47-34-29-41(30-35-47)42-17-13-18-43(37-42)44-31-36-54-50(38-44)48-21-10-12-25-53(48)59(54)45-19-7-4-8-20-45/h4-5,7-38H,3,6H2,1-2H3. The third-order valence-corrected chi connectivity index (χ3v) is 12.6. The second-order valence-electron chi connectivity index (χ2n) is 16.4. The van der Waals surface area contributed by atoms with Crippen LogP contribution in [0.5, 0.6) is 0 Å². The minimum absolute atomic E-state index is 0.0877. The van der Waals surface area contributed by atoms with Gasteiger partial charge in [-0.15, -0.1) is 0 Å². The molecule has 282 valence electrons. The zero-order valence-electron chi connectivity index (χ0n) is 33.4. The fraction of sp³-hybridized carbons (Fsp3) is 0.0877. The minimum atomic E-state index is -0.0877. The van der Waals surface area contributed by atoms with E-state index in [-0.39, 0.29) is 5.41 Å². The molecule has 1 aromatic heterocycles. The van der Waals surface area contributed by atoms with Crippen LogP contribution in [0.2, 0.25) is 0 Å². The second-order valence-corrected chi connectivity index (χ2v) is 16.4. The van der Waals surface area contributed by atoms with E-state index < -0.39 is 0 Å². The Bertz CT molecular complexity index is 3100. The largest absolute Gasteiger partial charge is 0.310 e. The zero-order valence-corrected chi connectivity index (χ0v) is 33.4. The average molecular weight is 757 g/mol. The Labute approximate surface area is 346 Å². The van der Waals surface area contributed by atoms with Gasteiger partial charge in [0.15, 0.2) is 0 Å². The minimum Gasteiger partial charge on any atom is -0.310 e. The van der Waals surface area contributed by atoms with Gasteiger partial charge in [-0.25, -0.2) is 0 Å². The number of rotatable bonds is 7. The molecule has 0 fully saturated rings. The highest BCUT2D eigenvalue weighted by Gasteiger charge is 2.37. The fourth-order valence-electron chi connectivity index (χ4n) is 9.67. The molecule has 0 spiro atoms. The van der Waals surface area contributed by atoms with Gasteiger partial charge in [-0.1, -0.05) is 153 Å². The highest BCUT2D eigenvalue weighted by atomic mass is 15.1. The van der Waals surface area contributed by atoms with E-state index in [0.29, 0.717) is 0 Å². The number of para-hydroxylation sites is 2. The number of benzene rings is 8. The Morgan fingerprint density at radius 3 is 1.88 bits per heavy atom. The average Bonchev–Trinajstić information content (AvgIpc) is 3.76. The first-order valence-corrected chi connectivity index (χ1v) is 20.8. The maximum atomic E-state index is 2.45. The summed E-state index contributed by atoms with van der Waals surface area (Å²) >= 11 is 0. The molecule has 2 aliphatic carbocycles. The quantitative estimate of drug-likeness (QED) is 0.157. The fourth-order valence-corrected chi connectivity index (χ4v) is 9.67. The van der Waals surface area contributed by atoms with Gasteiger partial charge in [0, 0.05) is 38.8 Å². The van der Waals surface area contributed by atoms with E-state index in [2.05, 4.69) is 230 Å². The monoisotopic (exact) mass is 756 g/mol. The molecule has 9 aromatic rings. The number of hydrogen-bond acceptors (Lipinski definition) is 1. The van der Waals surface area contributed by atoms with Crippen molar-refractivity contribution in [2.75, 3.05) is 4.90 Å². The summed E-state index contributed by atoms with van der Waals surface area (Å²) in [6, 6.07) is 69.4. The van der Waals surface area contributed by atoms with E-state index in [4.69, 9.17) is 0 Å². The van der Waals surface area contributed by atoms with E-state index in [9.17, 15) is 0 Å². The van der Waals surface area contributed by atoms with Gasteiger partial charge >= 0.3 is 0 Å². The number of allylic oxidation sites excluding steroid dienone is 4. The molecule has 2 aliphatic rings. The Kier molecular flexibility index (Phi) is 8.34. The van der Waals surface area contributed by atoms with Crippen molar-refractivity contribution in [3.8, 4) is 39.1 Å². The van der Waals surface area contributed by atoms with Crippen LogP contribution in [-0.4, -0.2) is 4.57 Å². The van der Waals surface area contributed by atoms with Gasteiger partial charge in [0.1, 0.15) is 0 Å². The van der Waals surface area contributed by atoms with Gasteiger partial charge in [-0.05, 0) is 130 Å². The highest BCUT2D eigenvalue weighted by Crippen LogP contribution is 2.54. The summed E-state index contributed by atoms with van der Waals surface area (Å²) in [5.74, 6) is 0. The van der Waals surface area contributed by atoms with E-state index >= 15 is 0 Å². The molecule has 11 rings (SSSR count). The maximum Gasteiger partial charge on any atom is 0.0543 e. The number of aromatic nitrogens is 1. The number of hydrogen-bond donors (Lipinski definition) is 0. The first-order valence-electron chi connectivity index (χ1n) is 20.8. The summed E-state index contributed by atoms with van der Waals surface area (Å²) < 4.78 is 2.37. The first-order chi connectivity index (χ1) is 29.0. The molecular weight excluding hydrogens is 713 g/mol. The Balaban J connectivity index is 0.986. The van der Waals surface area contributed by atoms with Gasteiger partial charge < -0.3 is 9.47 Å². The van der Waals surface area contributed by atoms with Crippen LogP contribution < -0.4 is 4.90 Å². The zero-order chi connectivity index (χ0) is 39.5. The lowest BCUT2D eigenvalue weighted by Gasteiger charge is -2.29. The van der Waals surface area contributed by atoms with Crippen LogP contribution in [0.1, 0.15) is 43.4 Å². The van der Waals surface area contributed by atoms with E-state index in [1.54, 1.807) is 0 Å². The molecule has 0 radical (unpaired) electrons. The third-order valence-electron chi connectivity index (χ3n) is 12.6. The molecule has 2 heteroatoms.